The summed E-state index contributed by atoms with van der Waals surface area (Å²) < 4.78 is 14.4. The van der Waals surface area contributed by atoms with Crippen LogP contribution in [0.25, 0.3) is 22.3 Å². The summed E-state index contributed by atoms with van der Waals surface area (Å²) in [7, 11) is 3.78. The molecule has 30 heavy (non-hydrogen) atoms. The van der Waals surface area contributed by atoms with E-state index in [2.05, 4.69) is 20.5 Å². The molecule has 0 saturated heterocycles. The van der Waals surface area contributed by atoms with Crippen LogP contribution in [-0.4, -0.2) is 33.1 Å². The van der Waals surface area contributed by atoms with E-state index in [9.17, 15) is 9.18 Å². The Morgan fingerprint density at radius 3 is 2.70 bits per heavy atom. The highest BCUT2D eigenvalue weighted by molar-refractivity contribution is 5.87. The number of aryl methyl sites for hydroxylation is 1. The van der Waals surface area contributed by atoms with E-state index >= 15 is 0 Å². The van der Waals surface area contributed by atoms with E-state index < -0.39 is 0 Å². The fraction of sp³-hybridized carbons (Fsp3) is 0.261. The monoisotopic (exact) mass is 405 g/mol. The molecule has 2 N–H and O–H groups in total. The largest absolute Gasteiger partial charge is 0.326 e. The molecule has 0 aliphatic heterocycles. The van der Waals surface area contributed by atoms with Crippen molar-refractivity contribution in [3.05, 3.63) is 71.7 Å². The lowest BCUT2D eigenvalue weighted by molar-refractivity contribution is 0.111. The van der Waals surface area contributed by atoms with E-state index in [1.54, 1.807) is 17.0 Å². The molecule has 1 aliphatic rings. The van der Waals surface area contributed by atoms with Crippen LogP contribution >= 0.6 is 0 Å². The smallest absolute Gasteiger partial charge is 0.166 e. The second-order valence-electron chi connectivity index (χ2n) is 7.47. The van der Waals surface area contributed by atoms with Crippen LogP contribution in [0.3, 0.4) is 0 Å². The third-order valence-corrected chi connectivity index (χ3v) is 5.73. The molecule has 6 nitrogen and oxygen atoms in total. The van der Waals surface area contributed by atoms with Crippen LogP contribution in [0.15, 0.2) is 54.9 Å². The number of halogens is 1. The molecule has 3 aromatic heterocycles. The molecular formula is C23H24FN5O. The molecule has 5 rings (SSSR count). The normalized spacial score (nSPS) is 14.2. The highest BCUT2D eigenvalue weighted by Gasteiger charge is 2.43. The van der Waals surface area contributed by atoms with Crippen molar-refractivity contribution in [2.75, 3.05) is 7.05 Å². The molecule has 1 aliphatic carbocycles. The average molecular weight is 405 g/mol. The summed E-state index contributed by atoms with van der Waals surface area (Å²) in [6.07, 6.45) is 6.59. The number of nitrogens with zero attached hydrogens (tertiary/aromatic N) is 3. The number of hydrogen-bond acceptors (Lipinski definition) is 4. The van der Waals surface area contributed by atoms with Crippen molar-refractivity contribution < 1.29 is 9.18 Å². The number of carbonyl (C=O) groups is 1. The van der Waals surface area contributed by atoms with Gasteiger partial charge in [-0.2, -0.15) is 5.10 Å². The molecule has 0 spiro atoms. The maximum absolute atomic E-state index is 12.7. The number of rotatable bonds is 5. The van der Waals surface area contributed by atoms with Gasteiger partial charge in [0.2, 0.25) is 0 Å². The minimum Gasteiger partial charge on any atom is -0.326 e. The summed E-state index contributed by atoms with van der Waals surface area (Å²) in [6.45, 7) is -0.362. The van der Waals surface area contributed by atoms with Crippen LogP contribution in [0.4, 0.5) is 4.39 Å². The molecule has 154 valence electrons. The van der Waals surface area contributed by atoms with Crippen LogP contribution in [0, 0.1) is 0 Å². The predicted molar refractivity (Wildman–Crippen MR) is 115 cm³/mol. The van der Waals surface area contributed by atoms with Crippen LogP contribution in [0.1, 0.15) is 34.5 Å². The van der Waals surface area contributed by atoms with Crippen molar-refractivity contribution in [3.63, 3.8) is 0 Å². The molecule has 0 amide bonds. The van der Waals surface area contributed by atoms with Crippen LogP contribution in [0.2, 0.25) is 0 Å². The number of aromatic amines is 1. The first-order valence-corrected chi connectivity index (χ1v) is 9.86. The van der Waals surface area contributed by atoms with E-state index in [-0.39, 0.29) is 12.2 Å². The van der Waals surface area contributed by atoms with Gasteiger partial charge in [0.1, 0.15) is 12.3 Å². The molecule has 0 radical (unpaired) electrons. The van der Waals surface area contributed by atoms with Crippen molar-refractivity contribution >= 4 is 17.3 Å². The summed E-state index contributed by atoms with van der Waals surface area (Å²) in [5, 5.41) is 10.9. The molecule has 1 aromatic carbocycles. The summed E-state index contributed by atoms with van der Waals surface area (Å²) in [6, 6.07) is 13.5. The summed E-state index contributed by atoms with van der Waals surface area (Å²) >= 11 is 0. The topological polar surface area (TPSA) is 75.6 Å². The number of carbonyl (C=O) groups excluding carboxylic acids is 1. The molecule has 1 fully saturated rings. The Bertz CT molecular complexity index is 1160. The van der Waals surface area contributed by atoms with E-state index in [0.29, 0.717) is 5.69 Å². The molecule has 1 saturated carbocycles. The molecule has 0 bridgehead atoms. The van der Waals surface area contributed by atoms with Crippen molar-refractivity contribution in [1.29, 1.82) is 0 Å². The van der Waals surface area contributed by atoms with Crippen LogP contribution < -0.4 is 5.32 Å². The second-order valence-corrected chi connectivity index (χ2v) is 7.47. The van der Waals surface area contributed by atoms with Gasteiger partial charge in [-0.3, -0.25) is 9.89 Å². The lowest BCUT2D eigenvalue weighted by Crippen LogP contribution is -2.25. The van der Waals surface area contributed by atoms with Gasteiger partial charge in [0.15, 0.2) is 6.29 Å². The zero-order chi connectivity index (χ0) is 21.1. The molecule has 3 heterocycles. The van der Waals surface area contributed by atoms with Gasteiger partial charge in [0, 0.05) is 29.7 Å². The van der Waals surface area contributed by atoms with Gasteiger partial charge in [-0.05, 0) is 49.2 Å². The van der Waals surface area contributed by atoms with Gasteiger partial charge >= 0.3 is 0 Å². The molecular weight excluding hydrogens is 381 g/mol. The Hall–Kier alpha value is -3.32. The van der Waals surface area contributed by atoms with Crippen LogP contribution in [0.5, 0.6) is 0 Å². The number of nitrogens with one attached hydrogen (secondary N) is 2. The Labute approximate surface area is 174 Å². The van der Waals surface area contributed by atoms with E-state index in [0.717, 1.165) is 52.5 Å². The SMILES string of the molecule is CNC1(c2ccccc2CF)CC1.Cn1c(C=O)cc2ccc(-c3cn[nH]c3)nc21. The lowest BCUT2D eigenvalue weighted by Gasteiger charge is -2.17. The minimum absolute atomic E-state index is 0.0860. The molecule has 4 aromatic rings. The van der Waals surface area contributed by atoms with E-state index in [4.69, 9.17) is 0 Å². The highest BCUT2D eigenvalue weighted by Crippen LogP contribution is 2.46. The first-order valence-electron chi connectivity index (χ1n) is 9.86. The predicted octanol–water partition coefficient (Wildman–Crippen LogP) is 4.14. The lowest BCUT2D eigenvalue weighted by atomic mass is 9.99. The number of alkyl halides is 1. The minimum atomic E-state index is -0.362. The van der Waals surface area contributed by atoms with Gasteiger partial charge < -0.3 is 9.88 Å². The Balaban J connectivity index is 0.000000151. The van der Waals surface area contributed by atoms with Gasteiger partial charge in [0.05, 0.1) is 17.6 Å². The number of aromatic nitrogens is 4. The fourth-order valence-electron chi connectivity index (χ4n) is 3.77. The van der Waals surface area contributed by atoms with Crippen molar-refractivity contribution in [2.45, 2.75) is 25.1 Å². The van der Waals surface area contributed by atoms with E-state index in [1.807, 2.05) is 56.6 Å². The summed E-state index contributed by atoms with van der Waals surface area (Å²) in [5.74, 6) is 0. The Morgan fingerprint density at radius 2 is 2.07 bits per heavy atom. The summed E-state index contributed by atoms with van der Waals surface area (Å²) in [4.78, 5) is 15.4. The second kappa shape index (κ2) is 8.20. The zero-order valence-corrected chi connectivity index (χ0v) is 17.0. The third kappa shape index (κ3) is 3.64. The van der Waals surface area contributed by atoms with Gasteiger partial charge in [-0.1, -0.05) is 24.3 Å². The average Bonchev–Trinajstić information content (AvgIpc) is 3.26. The van der Waals surface area contributed by atoms with Crippen molar-refractivity contribution in [3.8, 4) is 11.3 Å². The molecule has 7 heteroatoms. The molecule has 0 atom stereocenters. The Kier molecular flexibility index (Phi) is 5.46. The van der Waals surface area contributed by atoms with E-state index in [1.165, 1.54) is 0 Å². The van der Waals surface area contributed by atoms with Gasteiger partial charge in [0.25, 0.3) is 0 Å². The fourth-order valence-corrected chi connectivity index (χ4v) is 3.77. The van der Waals surface area contributed by atoms with Crippen molar-refractivity contribution in [2.24, 2.45) is 7.05 Å². The summed E-state index contributed by atoms with van der Waals surface area (Å²) in [5.41, 5.74) is 5.24. The van der Waals surface area contributed by atoms with Crippen molar-refractivity contribution in [1.82, 2.24) is 25.1 Å². The maximum atomic E-state index is 12.7. The standard InChI is InChI=1S/C12H10N4O.C11H14FN/c1-16-10(7-17)4-8-2-3-11(15-12(8)16)9-5-13-14-6-9;1-13-11(6-7-11)10-5-3-2-4-9(10)8-12/h2-7H,1H3,(H,13,14);2-5,13H,6-8H2,1H3. The molecule has 0 unspecified atom stereocenters. The van der Waals surface area contributed by atoms with Gasteiger partial charge in [-0.15, -0.1) is 0 Å². The first-order chi connectivity index (χ1) is 14.6. The Morgan fingerprint density at radius 1 is 1.27 bits per heavy atom. The number of aldehydes is 1. The quantitative estimate of drug-likeness (QED) is 0.489. The van der Waals surface area contributed by atoms with Crippen LogP contribution in [-0.2, 0) is 19.3 Å². The number of pyridine rings is 1. The number of hydrogen-bond donors (Lipinski definition) is 2. The number of fused-ring (bicyclic) bond motifs is 1. The first kappa shape index (κ1) is 20.0. The highest BCUT2D eigenvalue weighted by atomic mass is 19.1. The number of benzene rings is 1. The zero-order valence-electron chi connectivity index (χ0n) is 17.0. The maximum Gasteiger partial charge on any atom is 0.166 e. The third-order valence-electron chi connectivity index (χ3n) is 5.73. The van der Waals surface area contributed by atoms with Gasteiger partial charge in [-0.25, -0.2) is 9.37 Å². The number of H-pyrrole nitrogens is 1.